The topological polar surface area (TPSA) is 65.8 Å². The van der Waals surface area contributed by atoms with E-state index in [2.05, 4.69) is 10.3 Å². The second kappa shape index (κ2) is 5.43. The summed E-state index contributed by atoms with van der Waals surface area (Å²) in [6.07, 6.45) is 0. The van der Waals surface area contributed by atoms with E-state index in [1.54, 1.807) is 30.3 Å². The quantitative estimate of drug-likeness (QED) is 0.778. The normalized spacial score (nSPS) is 10.0. The van der Waals surface area contributed by atoms with Crippen LogP contribution in [0.1, 0.15) is 15.9 Å². The molecule has 0 aliphatic carbocycles. The van der Waals surface area contributed by atoms with Crippen molar-refractivity contribution >= 4 is 22.6 Å². The largest absolute Gasteiger partial charge is 0.307 e. The highest BCUT2D eigenvalue weighted by molar-refractivity contribution is 6.04. The number of carbonyl (C=O) groups is 1. The number of para-hydroxylation sites is 1. The van der Waals surface area contributed by atoms with Gasteiger partial charge >= 0.3 is 0 Å². The average Bonchev–Trinajstić information content (AvgIpc) is 2.55. The molecular weight excluding hydrogens is 262 g/mol. The van der Waals surface area contributed by atoms with Crippen molar-refractivity contribution < 1.29 is 4.79 Å². The second-order valence-electron chi connectivity index (χ2n) is 4.53. The number of aromatic nitrogens is 1. The van der Waals surface area contributed by atoms with Crippen LogP contribution in [0.25, 0.3) is 10.9 Å². The third-order valence-electron chi connectivity index (χ3n) is 3.12. The van der Waals surface area contributed by atoms with Gasteiger partial charge in [-0.2, -0.15) is 5.26 Å². The zero-order valence-corrected chi connectivity index (χ0v) is 11.1. The molecule has 0 saturated heterocycles. The third kappa shape index (κ3) is 2.72. The number of rotatable bonds is 2. The van der Waals surface area contributed by atoms with Crippen molar-refractivity contribution in [2.24, 2.45) is 0 Å². The zero-order valence-electron chi connectivity index (χ0n) is 11.1. The second-order valence-corrected chi connectivity index (χ2v) is 4.53. The number of nitriles is 1. The van der Waals surface area contributed by atoms with Crippen LogP contribution in [0.3, 0.4) is 0 Å². The molecule has 3 rings (SSSR count). The van der Waals surface area contributed by atoms with Gasteiger partial charge in [0.2, 0.25) is 0 Å². The molecule has 1 aromatic heterocycles. The molecule has 100 valence electrons. The van der Waals surface area contributed by atoms with Crippen molar-refractivity contribution in [3.63, 3.8) is 0 Å². The minimum Gasteiger partial charge on any atom is -0.307 e. The number of nitrogens with one attached hydrogen (secondary N) is 1. The Morgan fingerprint density at radius 2 is 1.76 bits per heavy atom. The molecular formula is C17H11N3O. The van der Waals surface area contributed by atoms with Crippen molar-refractivity contribution in [2.75, 3.05) is 5.32 Å². The molecule has 21 heavy (non-hydrogen) atoms. The number of hydrogen-bond acceptors (Lipinski definition) is 3. The average molecular weight is 273 g/mol. The van der Waals surface area contributed by atoms with E-state index in [0.29, 0.717) is 16.9 Å². The molecule has 0 bridgehead atoms. The number of benzene rings is 2. The molecule has 4 heteroatoms. The van der Waals surface area contributed by atoms with E-state index in [9.17, 15) is 4.79 Å². The van der Waals surface area contributed by atoms with Crippen LogP contribution in [-0.2, 0) is 0 Å². The summed E-state index contributed by atoms with van der Waals surface area (Å²) in [4.78, 5) is 16.5. The molecule has 0 saturated carbocycles. The molecule has 1 N–H and O–H groups in total. The first-order valence-corrected chi connectivity index (χ1v) is 6.43. The predicted molar refractivity (Wildman–Crippen MR) is 80.9 cm³/mol. The Morgan fingerprint density at radius 3 is 2.52 bits per heavy atom. The van der Waals surface area contributed by atoms with Gasteiger partial charge in [-0.05, 0) is 42.5 Å². The lowest BCUT2D eigenvalue weighted by Crippen LogP contribution is -2.12. The highest BCUT2D eigenvalue weighted by Crippen LogP contribution is 2.15. The van der Waals surface area contributed by atoms with Gasteiger partial charge in [0.25, 0.3) is 5.91 Å². The van der Waals surface area contributed by atoms with Gasteiger partial charge in [-0.25, -0.2) is 4.98 Å². The SMILES string of the molecule is N#Cc1ccc(C(=O)Nc2ccc3ccccc3n2)cc1. The fourth-order valence-corrected chi connectivity index (χ4v) is 2.02. The highest BCUT2D eigenvalue weighted by atomic mass is 16.1. The van der Waals surface area contributed by atoms with Gasteiger partial charge in [0, 0.05) is 10.9 Å². The van der Waals surface area contributed by atoms with Gasteiger partial charge in [0.1, 0.15) is 5.82 Å². The van der Waals surface area contributed by atoms with Crippen LogP contribution in [0.5, 0.6) is 0 Å². The van der Waals surface area contributed by atoms with Gasteiger partial charge in [-0.1, -0.05) is 18.2 Å². The molecule has 0 spiro atoms. The molecule has 0 unspecified atom stereocenters. The summed E-state index contributed by atoms with van der Waals surface area (Å²) in [5.41, 5.74) is 1.84. The monoisotopic (exact) mass is 273 g/mol. The Balaban J connectivity index is 1.83. The third-order valence-corrected chi connectivity index (χ3v) is 3.12. The fourth-order valence-electron chi connectivity index (χ4n) is 2.02. The van der Waals surface area contributed by atoms with E-state index in [1.165, 1.54) is 0 Å². The molecule has 1 amide bonds. The Kier molecular flexibility index (Phi) is 3.32. The first-order valence-electron chi connectivity index (χ1n) is 6.43. The lowest BCUT2D eigenvalue weighted by Gasteiger charge is -2.05. The number of fused-ring (bicyclic) bond motifs is 1. The lowest BCUT2D eigenvalue weighted by molar-refractivity contribution is 0.102. The number of hydrogen-bond donors (Lipinski definition) is 1. The summed E-state index contributed by atoms with van der Waals surface area (Å²) in [6.45, 7) is 0. The van der Waals surface area contributed by atoms with Gasteiger partial charge in [0.15, 0.2) is 0 Å². The summed E-state index contributed by atoms with van der Waals surface area (Å²) >= 11 is 0. The molecule has 3 aromatic rings. The Labute approximate surface area is 121 Å². The molecule has 0 fully saturated rings. The number of pyridine rings is 1. The zero-order chi connectivity index (χ0) is 14.7. The van der Waals surface area contributed by atoms with Crippen LogP contribution in [0.15, 0.2) is 60.7 Å². The molecule has 4 nitrogen and oxygen atoms in total. The van der Waals surface area contributed by atoms with Crippen LogP contribution in [0.2, 0.25) is 0 Å². The van der Waals surface area contributed by atoms with E-state index < -0.39 is 0 Å². The van der Waals surface area contributed by atoms with Crippen LogP contribution >= 0.6 is 0 Å². The maximum atomic E-state index is 12.1. The van der Waals surface area contributed by atoms with Gasteiger partial charge in [-0.3, -0.25) is 4.79 Å². The molecule has 0 radical (unpaired) electrons. The molecule has 0 aliphatic heterocycles. The Hall–Kier alpha value is -3.19. The number of carbonyl (C=O) groups excluding carboxylic acids is 1. The Bertz CT molecular complexity index is 848. The summed E-state index contributed by atoms with van der Waals surface area (Å²) < 4.78 is 0. The Morgan fingerprint density at radius 1 is 1.00 bits per heavy atom. The first kappa shape index (κ1) is 12.8. The van der Waals surface area contributed by atoms with Crippen LogP contribution in [-0.4, -0.2) is 10.9 Å². The fraction of sp³-hybridized carbons (Fsp3) is 0. The van der Waals surface area contributed by atoms with Crippen molar-refractivity contribution in [3.8, 4) is 6.07 Å². The van der Waals surface area contributed by atoms with E-state index in [0.717, 1.165) is 10.9 Å². The standard InChI is InChI=1S/C17H11N3O/c18-11-12-5-7-14(8-6-12)17(21)20-16-10-9-13-3-1-2-4-15(13)19-16/h1-10H,(H,19,20,21). The number of amides is 1. The minimum atomic E-state index is -0.248. The van der Waals surface area contributed by atoms with Gasteiger partial charge in [0.05, 0.1) is 17.1 Å². The van der Waals surface area contributed by atoms with Crippen LogP contribution in [0.4, 0.5) is 5.82 Å². The number of anilines is 1. The van der Waals surface area contributed by atoms with Gasteiger partial charge in [-0.15, -0.1) is 0 Å². The van der Waals surface area contributed by atoms with Crippen LogP contribution < -0.4 is 5.32 Å². The lowest BCUT2D eigenvalue weighted by atomic mass is 10.1. The van der Waals surface area contributed by atoms with E-state index in [1.807, 2.05) is 36.4 Å². The number of nitrogens with zero attached hydrogens (tertiary/aromatic N) is 2. The first-order chi connectivity index (χ1) is 10.3. The predicted octanol–water partition coefficient (Wildman–Crippen LogP) is 3.36. The van der Waals surface area contributed by atoms with E-state index in [-0.39, 0.29) is 5.91 Å². The summed E-state index contributed by atoms with van der Waals surface area (Å²) in [6, 6.07) is 19.9. The van der Waals surface area contributed by atoms with Crippen molar-refractivity contribution in [1.82, 2.24) is 4.98 Å². The molecule has 0 atom stereocenters. The van der Waals surface area contributed by atoms with Crippen molar-refractivity contribution in [2.45, 2.75) is 0 Å². The molecule has 0 aliphatic rings. The molecule has 1 heterocycles. The summed E-state index contributed by atoms with van der Waals surface area (Å²) in [5.74, 6) is 0.255. The van der Waals surface area contributed by atoms with Crippen molar-refractivity contribution in [3.05, 3.63) is 71.8 Å². The minimum absolute atomic E-state index is 0.248. The highest BCUT2D eigenvalue weighted by Gasteiger charge is 2.07. The summed E-state index contributed by atoms with van der Waals surface area (Å²) in [5, 5.41) is 12.5. The molecule has 2 aromatic carbocycles. The van der Waals surface area contributed by atoms with E-state index >= 15 is 0 Å². The van der Waals surface area contributed by atoms with Crippen molar-refractivity contribution in [1.29, 1.82) is 5.26 Å². The maximum Gasteiger partial charge on any atom is 0.256 e. The van der Waals surface area contributed by atoms with Crippen LogP contribution in [0, 0.1) is 11.3 Å². The van der Waals surface area contributed by atoms with E-state index in [4.69, 9.17) is 5.26 Å². The summed E-state index contributed by atoms with van der Waals surface area (Å²) in [7, 11) is 0. The maximum absolute atomic E-state index is 12.1. The smallest absolute Gasteiger partial charge is 0.256 e. The van der Waals surface area contributed by atoms with Gasteiger partial charge < -0.3 is 5.32 Å².